The number of hydrogen-bond donors (Lipinski definition) is 1. The van der Waals surface area contributed by atoms with Crippen LogP contribution in [0.3, 0.4) is 0 Å². The maximum atomic E-state index is 6.49. The van der Waals surface area contributed by atoms with Crippen LogP contribution in [0.2, 0.25) is 5.15 Å². The number of halogens is 1. The van der Waals surface area contributed by atoms with Gasteiger partial charge in [-0.05, 0) is 38.3 Å². The molecule has 0 unspecified atom stereocenters. The van der Waals surface area contributed by atoms with Crippen molar-refractivity contribution in [2.75, 3.05) is 12.8 Å². The number of aromatic nitrogens is 4. The first-order valence-corrected chi connectivity index (χ1v) is 10.1. The van der Waals surface area contributed by atoms with Crippen LogP contribution in [0.15, 0.2) is 36.7 Å². The number of rotatable bonds is 5. The van der Waals surface area contributed by atoms with Gasteiger partial charge in [-0.25, -0.2) is 4.98 Å². The van der Waals surface area contributed by atoms with E-state index in [4.69, 9.17) is 22.1 Å². The molecular weight excluding hydrogens is 398 g/mol. The van der Waals surface area contributed by atoms with Crippen LogP contribution < -0.4 is 10.5 Å². The Hall–Kier alpha value is -3.12. The molecule has 0 amide bonds. The van der Waals surface area contributed by atoms with Gasteiger partial charge in [-0.15, -0.1) is 0 Å². The molecule has 2 N–H and O–H groups in total. The molecule has 0 aliphatic heterocycles. The summed E-state index contributed by atoms with van der Waals surface area (Å²) < 4.78 is 7.59. The van der Waals surface area contributed by atoms with Crippen LogP contribution in [0.5, 0.6) is 5.75 Å². The molecule has 154 valence electrons. The lowest BCUT2D eigenvalue weighted by atomic mass is 10.0. The fourth-order valence-corrected chi connectivity index (χ4v) is 4.10. The van der Waals surface area contributed by atoms with Gasteiger partial charge in [-0.2, -0.15) is 4.98 Å². The van der Waals surface area contributed by atoms with Gasteiger partial charge in [0, 0.05) is 23.5 Å². The lowest BCUT2D eigenvalue weighted by Gasteiger charge is -2.13. The summed E-state index contributed by atoms with van der Waals surface area (Å²) >= 11 is 6.49. The number of anilines is 1. The summed E-state index contributed by atoms with van der Waals surface area (Å²) in [4.78, 5) is 13.3. The Kier molecular flexibility index (Phi) is 5.35. The average molecular weight is 422 g/mol. The monoisotopic (exact) mass is 421 g/mol. The van der Waals surface area contributed by atoms with Crippen molar-refractivity contribution in [1.29, 1.82) is 0 Å². The number of fused-ring (bicyclic) bond motifs is 1. The van der Waals surface area contributed by atoms with Crippen LogP contribution in [-0.4, -0.2) is 26.6 Å². The van der Waals surface area contributed by atoms with Crippen molar-refractivity contribution >= 4 is 28.6 Å². The molecule has 1 aromatic carbocycles. The molecule has 6 nitrogen and oxygen atoms in total. The van der Waals surface area contributed by atoms with E-state index in [-0.39, 0.29) is 5.95 Å². The van der Waals surface area contributed by atoms with E-state index in [0.29, 0.717) is 17.3 Å². The maximum absolute atomic E-state index is 6.49. The molecule has 3 aromatic heterocycles. The first kappa shape index (κ1) is 20.2. The summed E-state index contributed by atoms with van der Waals surface area (Å²) in [5.41, 5.74) is 13.0. The molecule has 30 heavy (non-hydrogen) atoms. The Morgan fingerprint density at radius 1 is 1.10 bits per heavy atom. The maximum Gasteiger partial charge on any atom is 0.223 e. The van der Waals surface area contributed by atoms with Gasteiger partial charge in [0.25, 0.3) is 0 Å². The molecule has 7 heteroatoms. The molecule has 0 saturated heterocycles. The van der Waals surface area contributed by atoms with Crippen molar-refractivity contribution in [1.82, 2.24) is 19.5 Å². The summed E-state index contributed by atoms with van der Waals surface area (Å²) in [6, 6.07) is 8.47. The molecule has 0 radical (unpaired) electrons. The second kappa shape index (κ2) is 7.95. The Morgan fingerprint density at radius 3 is 2.53 bits per heavy atom. The third-order valence-corrected chi connectivity index (χ3v) is 5.63. The van der Waals surface area contributed by atoms with Gasteiger partial charge < -0.3 is 15.0 Å². The van der Waals surface area contributed by atoms with E-state index in [0.717, 1.165) is 39.9 Å². The highest BCUT2D eigenvalue weighted by Crippen LogP contribution is 2.31. The van der Waals surface area contributed by atoms with Gasteiger partial charge in [0.2, 0.25) is 5.95 Å². The zero-order chi connectivity index (χ0) is 21.4. The van der Waals surface area contributed by atoms with Crippen molar-refractivity contribution in [2.45, 2.75) is 33.7 Å². The number of nitrogen functional groups attached to an aromatic ring is 1. The number of hydrogen-bond acceptors (Lipinski definition) is 5. The van der Waals surface area contributed by atoms with E-state index in [1.807, 2.05) is 24.6 Å². The number of ether oxygens (including phenoxy) is 1. The molecule has 0 fully saturated rings. The van der Waals surface area contributed by atoms with Crippen molar-refractivity contribution in [3.63, 3.8) is 0 Å². The van der Waals surface area contributed by atoms with Crippen molar-refractivity contribution in [3.05, 3.63) is 75.3 Å². The smallest absolute Gasteiger partial charge is 0.223 e. The zero-order valence-electron chi connectivity index (χ0n) is 17.5. The molecule has 0 aliphatic rings. The standard InChI is InChI=1S/C23H24ClN5O/c1-13-5-7-16(8-6-13)9-17-11-29(22-19(17)21(24)27-23(25)28-22)12-18-15(3)20(30-4)14(2)10-26-18/h5-8,10-11H,9,12H2,1-4H3,(H2,25,27,28). The summed E-state index contributed by atoms with van der Waals surface area (Å²) in [5.74, 6) is 1.00. The summed E-state index contributed by atoms with van der Waals surface area (Å²) in [7, 11) is 1.68. The number of aryl methyl sites for hydroxylation is 2. The number of nitrogens with zero attached hydrogens (tertiary/aromatic N) is 4. The highest BCUT2D eigenvalue weighted by molar-refractivity contribution is 6.34. The van der Waals surface area contributed by atoms with E-state index in [2.05, 4.69) is 52.3 Å². The second-order valence-corrected chi connectivity index (χ2v) is 7.92. The summed E-state index contributed by atoms with van der Waals surface area (Å²) in [6.07, 6.45) is 4.62. The van der Waals surface area contributed by atoms with Crippen LogP contribution in [0.1, 0.15) is 33.5 Å². The Bertz CT molecular complexity index is 1230. The SMILES string of the molecule is COc1c(C)cnc(Cn2cc(Cc3ccc(C)cc3)c3c(Cl)nc(N)nc32)c1C. The van der Waals surface area contributed by atoms with Crippen LogP contribution in [0, 0.1) is 20.8 Å². The normalized spacial score (nSPS) is 11.2. The number of methoxy groups -OCH3 is 1. The van der Waals surface area contributed by atoms with Gasteiger partial charge in [0.15, 0.2) is 0 Å². The lowest BCUT2D eigenvalue weighted by molar-refractivity contribution is 0.406. The topological polar surface area (TPSA) is 78.8 Å². The quantitative estimate of drug-likeness (QED) is 0.475. The molecule has 4 rings (SSSR count). The Balaban J connectivity index is 1.81. The molecule has 0 aliphatic carbocycles. The van der Waals surface area contributed by atoms with Crippen LogP contribution in [-0.2, 0) is 13.0 Å². The minimum absolute atomic E-state index is 0.153. The number of pyridine rings is 1. The third-order valence-electron chi connectivity index (χ3n) is 5.35. The first-order chi connectivity index (χ1) is 14.4. The van der Waals surface area contributed by atoms with E-state index < -0.39 is 0 Å². The van der Waals surface area contributed by atoms with Crippen LogP contribution in [0.25, 0.3) is 11.0 Å². The number of nitrogens with two attached hydrogens (primary N) is 1. The summed E-state index contributed by atoms with van der Waals surface area (Å²) in [6.45, 7) is 6.61. The predicted octanol–water partition coefficient (Wildman–Crippen LogP) is 4.63. The average Bonchev–Trinajstić information content (AvgIpc) is 3.03. The highest BCUT2D eigenvalue weighted by Gasteiger charge is 2.18. The predicted molar refractivity (Wildman–Crippen MR) is 120 cm³/mol. The van der Waals surface area contributed by atoms with E-state index in [9.17, 15) is 0 Å². The van der Waals surface area contributed by atoms with Crippen molar-refractivity contribution in [3.8, 4) is 5.75 Å². The molecule has 4 aromatic rings. The van der Waals surface area contributed by atoms with Crippen molar-refractivity contribution < 1.29 is 4.74 Å². The lowest BCUT2D eigenvalue weighted by Crippen LogP contribution is -2.07. The van der Waals surface area contributed by atoms with Gasteiger partial charge in [-0.3, -0.25) is 4.98 Å². The summed E-state index contributed by atoms with van der Waals surface area (Å²) in [5, 5.41) is 1.19. The zero-order valence-corrected chi connectivity index (χ0v) is 18.3. The Labute approximate surface area is 180 Å². The number of benzene rings is 1. The van der Waals surface area contributed by atoms with Crippen LogP contribution >= 0.6 is 11.6 Å². The fraction of sp³-hybridized carbons (Fsp3) is 0.261. The first-order valence-electron chi connectivity index (χ1n) is 9.72. The minimum atomic E-state index is 0.153. The minimum Gasteiger partial charge on any atom is -0.496 e. The van der Waals surface area contributed by atoms with E-state index in [1.165, 1.54) is 11.1 Å². The highest BCUT2D eigenvalue weighted by atomic mass is 35.5. The second-order valence-electron chi connectivity index (χ2n) is 7.56. The van der Waals surface area contributed by atoms with E-state index in [1.54, 1.807) is 7.11 Å². The molecule has 0 bridgehead atoms. The molecular formula is C23H24ClN5O. The Morgan fingerprint density at radius 2 is 1.83 bits per heavy atom. The molecule has 0 spiro atoms. The largest absolute Gasteiger partial charge is 0.496 e. The van der Waals surface area contributed by atoms with Crippen molar-refractivity contribution in [2.24, 2.45) is 0 Å². The van der Waals surface area contributed by atoms with Gasteiger partial charge in [-0.1, -0.05) is 41.4 Å². The van der Waals surface area contributed by atoms with Gasteiger partial charge in [0.1, 0.15) is 16.5 Å². The fourth-order valence-electron chi connectivity index (χ4n) is 3.81. The van der Waals surface area contributed by atoms with Crippen LogP contribution in [0.4, 0.5) is 5.95 Å². The molecule has 3 heterocycles. The molecule has 0 atom stereocenters. The van der Waals surface area contributed by atoms with E-state index >= 15 is 0 Å². The van der Waals surface area contributed by atoms with Gasteiger partial charge >= 0.3 is 0 Å². The van der Waals surface area contributed by atoms with Gasteiger partial charge in [0.05, 0.1) is 24.7 Å². The third kappa shape index (κ3) is 3.71. The molecule has 0 saturated carbocycles.